The number of nitrogens with one attached hydrogen (secondary N) is 2. The molecule has 0 spiro atoms. The monoisotopic (exact) mass is 244 g/mol. The van der Waals surface area contributed by atoms with Gasteiger partial charge in [0, 0.05) is 19.1 Å². The molecule has 1 aromatic heterocycles. The summed E-state index contributed by atoms with van der Waals surface area (Å²) in [7, 11) is 0. The Morgan fingerprint density at radius 2 is 2.33 bits per heavy atom. The molecule has 1 aliphatic heterocycles. The number of aromatic nitrogens is 2. The highest BCUT2D eigenvalue weighted by Gasteiger charge is 2.12. The summed E-state index contributed by atoms with van der Waals surface area (Å²) in [6.45, 7) is 4.39. The lowest BCUT2D eigenvalue weighted by Crippen LogP contribution is -2.32. The lowest BCUT2D eigenvalue weighted by atomic mass is 10.2. The highest BCUT2D eigenvalue weighted by Crippen LogP contribution is 2.11. The number of para-hydroxylation sites is 2. The van der Waals surface area contributed by atoms with E-state index < -0.39 is 0 Å². The predicted octanol–water partition coefficient (Wildman–Crippen LogP) is 1.38. The normalized spacial score (nSPS) is 19.7. The van der Waals surface area contributed by atoms with E-state index in [-0.39, 0.29) is 0 Å². The van der Waals surface area contributed by atoms with E-state index in [1.807, 2.05) is 12.4 Å². The van der Waals surface area contributed by atoms with Crippen LogP contribution in [0.3, 0.4) is 0 Å². The van der Waals surface area contributed by atoms with Crippen molar-refractivity contribution >= 4 is 11.0 Å². The van der Waals surface area contributed by atoms with E-state index in [1.54, 1.807) is 0 Å². The van der Waals surface area contributed by atoms with Crippen LogP contribution in [0.5, 0.6) is 0 Å². The summed E-state index contributed by atoms with van der Waals surface area (Å²) in [6.07, 6.45) is 4.35. The van der Waals surface area contributed by atoms with Crippen molar-refractivity contribution in [2.24, 2.45) is 0 Å². The average Bonchev–Trinajstić information content (AvgIpc) is 3.04. The van der Waals surface area contributed by atoms with Gasteiger partial charge < -0.3 is 15.2 Å². The van der Waals surface area contributed by atoms with Crippen LogP contribution in [0, 0.1) is 0 Å². The van der Waals surface area contributed by atoms with Gasteiger partial charge in [-0.2, -0.15) is 0 Å². The molecule has 18 heavy (non-hydrogen) atoms. The van der Waals surface area contributed by atoms with Crippen molar-refractivity contribution in [2.75, 3.05) is 19.6 Å². The molecule has 1 unspecified atom stereocenters. The highest BCUT2D eigenvalue weighted by molar-refractivity contribution is 5.74. The quantitative estimate of drug-likeness (QED) is 0.781. The summed E-state index contributed by atoms with van der Waals surface area (Å²) < 4.78 is 2.24. The fourth-order valence-corrected chi connectivity index (χ4v) is 2.57. The number of benzene rings is 1. The first-order valence-electron chi connectivity index (χ1n) is 6.77. The number of hydrogen-bond acceptors (Lipinski definition) is 3. The van der Waals surface area contributed by atoms with E-state index in [1.165, 1.54) is 11.9 Å². The van der Waals surface area contributed by atoms with Crippen LogP contribution < -0.4 is 10.6 Å². The third-order valence-electron chi connectivity index (χ3n) is 3.60. The second-order valence-corrected chi connectivity index (χ2v) is 4.92. The van der Waals surface area contributed by atoms with Crippen LogP contribution in [0.4, 0.5) is 0 Å². The molecular weight excluding hydrogens is 224 g/mol. The van der Waals surface area contributed by atoms with Crippen molar-refractivity contribution < 1.29 is 0 Å². The third-order valence-corrected chi connectivity index (χ3v) is 3.60. The molecule has 4 heteroatoms. The molecule has 1 aromatic carbocycles. The van der Waals surface area contributed by atoms with Gasteiger partial charge in [-0.1, -0.05) is 12.1 Å². The topological polar surface area (TPSA) is 41.9 Å². The predicted molar refractivity (Wildman–Crippen MR) is 73.6 cm³/mol. The zero-order chi connectivity index (χ0) is 12.2. The summed E-state index contributed by atoms with van der Waals surface area (Å²) in [5.74, 6) is 0. The first-order chi connectivity index (χ1) is 8.93. The van der Waals surface area contributed by atoms with Crippen molar-refractivity contribution in [3.63, 3.8) is 0 Å². The highest BCUT2D eigenvalue weighted by atomic mass is 15.1. The average molecular weight is 244 g/mol. The largest absolute Gasteiger partial charge is 0.331 e. The number of nitrogens with zero attached hydrogens (tertiary/aromatic N) is 2. The Labute approximate surface area is 107 Å². The Bertz CT molecular complexity index is 499. The van der Waals surface area contributed by atoms with Gasteiger partial charge in [-0.05, 0) is 38.1 Å². The molecule has 96 valence electrons. The molecule has 0 saturated carbocycles. The van der Waals surface area contributed by atoms with Crippen LogP contribution in [0.15, 0.2) is 30.6 Å². The molecule has 1 fully saturated rings. The lowest BCUT2D eigenvalue weighted by Gasteiger charge is -2.11. The molecule has 2 aromatic rings. The molecule has 0 amide bonds. The Kier molecular flexibility index (Phi) is 3.57. The van der Waals surface area contributed by atoms with E-state index in [0.29, 0.717) is 6.04 Å². The van der Waals surface area contributed by atoms with Crippen LogP contribution in [0.25, 0.3) is 11.0 Å². The number of fused-ring (bicyclic) bond motifs is 1. The van der Waals surface area contributed by atoms with Crippen molar-refractivity contribution in [1.82, 2.24) is 20.2 Å². The maximum absolute atomic E-state index is 4.41. The first kappa shape index (κ1) is 11.7. The maximum atomic E-state index is 4.41. The van der Waals surface area contributed by atoms with Gasteiger partial charge in [-0.15, -0.1) is 0 Å². The molecule has 1 saturated heterocycles. The molecule has 2 heterocycles. The molecule has 1 atom stereocenters. The van der Waals surface area contributed by atoms with Crippen molar-refractivity contribution in [2.45, 2.75) is 25.4 Å². The molecule has 3 rings (SSSR count). The summed E-state index contributed by atoms with van der Waals surface area (Å²) in [6, 6.07) is 8.98. The molecule has 1 aliphatic rings. The summed E-state index contributed by atoms with van der Waals surface area (Å²) in [5, 5.41) is 6.97. The molecule has 0 aliphatic carbocycles. The van der Waals surface area contributed by atoms with Gasteiger partial charge in [-0.25, -0.2) is 4.98 Å². The number of imidazole rings is 1. The summed E-state index contributed by atoms with van der Waals surface area (Å²) in [5.41, 5.74) is 2.32. The van der Waals surface area contributed by atoms with Crippen molar-refractivity contribution in [3.8, 4) is 0 Å². The minimum atomic E-state index is 0.671. The second-order valence-electron chi connectivity index (χ2n) is 4.92. The van der Waals surface area contributed by atoms with E-state index in [2.05, 4.69) is 38.4 Å². The van der Waals surface area contributed by atoms with E-state index in [0.717, 1.165) is 38.1 Å². The molecule has 0 radical (unpaired) electrons. The Balaban J connectivity index is 1.50. The zero-order valence-corrected chi connectivity index (χ0v) is 10.6. The maximum Gasteiger partial charge on any atom is 0.0958 e. The fraction of sp³-hybridized carbons (Fsp3) is 0.500. The number of rotatable bonds is 5. The van der Waals surface area contributed by atoms with Gasteiger partial charge in [-0.3, -0.25) is 0 Å². The number of hydrogen-bond donors (Lipinski definition) is 2. The Hall–Kier alpha value is -1.39. The minimum Gasteiger partial charge on any atom is -0.331 e. The molecular formula is C14H20N4. The zero-order valence-electron chi connectivity index (χ0n) is 10.6. The van der Waals surface area contributed by atoms with Crippen LogP contribution in [0.2, 0.25) is 0 Å². The third kappa shape index (κ3) is 2.54. The van der Waals surface area contributed by atoms with E-state index in [9.17, 15) is 0 Å². The van der Waals surface area contributed by atoms with Gasteiger partial charge in [0.05, 0.1) is 17.4 Å². The van der Waals surface area contributed by atoms with Gasteiger partial charge in [0.15, 0.2) is 0 Å². The van der Waals surface area contributed by atoms with Gasteiger partial charge in [0.1, 0.15) is 0 Å². The van der Waals surface area contributed by atoms with E-state index >= 15 is 0 Å². The van der Waals surface area contributed by atoms with Crippen molar-refractivity contribution in [1.29, 1.82) is 0 Å². The Morgan fingerprint density at radius 1 is 1.39 bits per heavy atom. The van der Waals surface area contributed by atoms with Gasteiger partial charge in [0.2, 0.25) is 0 Å². The second kappa shape index (κ2) is 5.50. The van der Waals surface area contributed by atoms with Crippen LogP contribution >= 0.6 is 0 Å². The summed E-state index contributed by atoms with van der Waals surface area (Å²) >= 11 is 0. The Morgan fingerprint density at radius 3 is 3.22 bits per heavy atom. The standard InChI is InChI=1S/C14H20N4/c1-2-5-14-13(4-1)17-11-18(14)9-3-7-16-12-6-8-15-10-12/h1-2,4-5,11-12,15-16H,3,6-10H2. The van der Waals surface area contributed by atoms with Gasteiger partial charge >= 0.3 is 0 Å². The van der Waals surface area contributed by atoms with Crippen molar-refractivity contribution in [3.05, 3.63) is 30.6 Å². The minimum absolute atomic E-state index is 0.671. The lowest BCUT2D eigenvalue weighted by molar-refractivity contribution is 0.514. The molecule has 0 bridgehead atoms. The molecule has 4 nitrogen and oxygen atoms in total. The van der Waals surface area contributed by atoms with Crippen LogP contribution in [-0.4, -0.2) is 35.2 Å². The van der Waals surface area contributed by atoms with Crippen LogP contribution in [0.1, 0.15) is 12.8 Å². The smallest absolute Gasteiger partial charge is 0.0958 e. The van der Waals surface area contributed by atoms with Crippen LogP contribution in [-0.2, 0) is 6.54 Å². The first-order valence-corrected chi connectivity index (χ1v) is 6.77. The molecule has 2 N–H and O–H groups in total. The number of aryl methyl sites for hydroxylation is 1. The van der Waals surface area contributed by atoms with Gasteiger partial charge in [0.25, 0.3) is 0 Å². The van der Waals surface area contributed by atoms with E-state index in [4.69, 9.17) is 0 Å². The summed E-state index contributed by atoms with van der Waals surface area (Å²) in [4.78, 5) is 4.41. The SMILES string of the molecule is c1ccc2c(c1)ncn2CCCNC1CCNC1. The fourth-order valence-electron chi connectivity index (χ4n) is 2.57.